The van der Waals surface area contributed by atoms with Crippen molar-refractivity contribution in [3.8, 4) is 5.75 Å². The predicted octanol–water partition coefficient (Wildman–Crippen LogP) is 1.06. The van der Waals surface area contributed by atoms with Crippen LogP contribution in [0.15, 0.2) is 53.4 Å². The van der Waals surface area contributed by atoms with Crippen LogP contribution in [-0.2, 0) is 20.4 Å². The Morgan fingerprint density at radius 1 is 1.00 bits per heavy atom. The van der Waals surface area contributed by atoms with Gasteiger partial charge in [-0.25, -0.2) is 17.5 Å². The average molecular weight is 427 g/mol. The highest BCUT2D eigenvalue weighted by molar-refractivity contribution is 7.90. The maximum absolute atomic E-state index is 13.3. The summed E-state index contributed by atoms with van der Waals surface area (Å²) in [4.78, 5) is 39.4. The number of rotatable bonds is 3. The summed E-state index contributed by atoms with van der Waals surface area (Å²) >= 11 is 0. The molecule has 10 heteroatoms. The molecule has 1 unspecified atom stereocenters. The molecule has 0 radical (unpaired) electrons. The quantitative estimate of drug-likeness (QED) is 0.733. The van der Waals surface area contributed by atoms with Gasteiger partial charge in [0.2, 0.25) is 0 Å². The van der Waals surface area contributed by atoms with E-state index >= 15 is 0 Å². The van der Waals surface area contributed by atoms with Crippen molar-refractivity contribution in [2.75, 3.05) is 19.7 Å². The largest absolute Gasteiger partial charge is 0.493 e. The van der Waals surface area contributed by atoms with Gasteiger partial charge in [-0.05, 0) is 18.2 Å². The maximum atomic E-state index is 13.3. The number of urea groups is 1. The van der Waals surface area contributed by atoms with Gasteiger partial charge in [0.05, 0.1) is 18.7 Å². The Hall–Kier alpha value is -3.40. The molecule has 1 spiro atoms. The number of hydrogen-bond donors (Lipinski definition) is 1. The fraction of sp³-hybridized carbons (Fsp3) is 0.250. The SMILES string of the molecule is O=C1NC2(CCOc3ccccc32)C(=O)N1CCN1C(=O)c2ccccc2S1(=O)=O. The lowest BCUT2D eigenvalue weighted by atomic mass is 9.84. The van der Waals surface area contributed by atoms with Gasteiger partial charge in [0, 0.05) is 18.5 Å². The number of benzene rings is 2. The number of carbonyl (C=O) groups is 3. The summed E-state index contributed by atoms with van der Waals surface area (Å²) in [6, 6.07) is 12.3. The number of fused-ring (bicyclic) bond motifs is 3. The van der Waals surface area contributed by atoms with Gasteiger partial charge in [-0.15, -0.1) is 0 Å². The van der Waals surface area contributed by atoms with Gasteiger partial charge in [-0.3, -0.25) is 14.5 Å². The molecule has 4 amide bonds. The first-order valence-electron chi connectivity index (χ1n) is 9.39. The van der Waals surface area contributed by atoms with Crippen molar-refractivity contribution in [1.82, 2.24) is 14.5 Å². The second-order valence-corrected chi connectivity index (χ2v) is 9.10. The maximum Gasteiger partial charge on any atom is 0.325 e. The lowest BCUT2D eigenvalue weighted by Crippen LogP contribution is -2.48. The number of hydrogen-bond acceptors (Lipinski definition) is 6. The molecule has 0 bridgehead atoms. The van der Waals surface area contributed by atoms with Gasteiger partial charge in [-0.1, -0.05) is 30.3 Å². The van der Waals surface area contributed by atoms with Crippen molar-refractivity contribution in [3.63, 3.8) is 0 Å². The Labute approximate surface area is 172 Å². The molecule has 1 N–H and O–H groups in total. The number of nitrogens with one attached hydrogen (secondary N) is 1. The number of imide groups is 1. The van der Waals surface area contributed by atoms with Crippen molar-refractivity contribution in [2.45, 2.75) is 16.9 Å². The van der Waals surface area contributed by atoms with Crippen LogP contribution in [0.1, 0.15) is 22.3 Å². The van der Waals surface area contributed by atoms with Crippen molar-refractivity contribution in [2.24, 2.45) is 0 Å². The molecule has 0 saturated carbocycles. The Balaban J connectivity index is 1.41. The zero-order chi connectivity index (χ0) is 21.1. The minimum absolute atomic E-state index is 0.0676. The van der Waals surface area contributed by atoms with Crippen LogP contribution < -0.4 is 10.1 Å². The molecule has 1 atom stereocenters. The fourth-order valence-electron chi connectivity index (χ4n) is 4.22. The monoisotopic (exact) mass is 427 g/mol. The second-order valence-electron chi connectivity index (χ2n) is 7.27. The first-order valence-corrected chi connectivity index (χ1v) is 10.8. The van der Waals surface area contributed by atoms with E-state index in [0.717, 1.165) is 4.90 Å². The summed E-state index contributed by atoms with van der Waals surface area (Å²) in [5.74, 6) is -0.624. The van der Waals surface area contributed by atoms with E-state index in [1.807, 2.05) is 0 Å². The normalized spacial score (nSPS) is 23.9. The fourth-order valence-corrected chi connectivity index (χ4v) is 5.78. The molecule has 1 saturated heterocycles. The highest BCUT2D eigenvalue weighted by Gasteiger charge is 2.55. The molecule has 0 aromatic heterocycles. The summed E-state index contributed by atoms with van der Waals surface area (Å²) < 4.78 is 31.7. The van der Waals surface area contributed by atoms with Crippen LogP contribution in [0.5, 0.6) is 5.75 Å². The summed E-state index contributed by atoms with van der Waals surface area (Å²) in [5.41, 5.74) is -0.595. The molecule has 1 fully saturated rings. The van der Waals surface area contributed by atoms with Gasteiger partial charge in [0.15, 0.2) is 5.54 Å². The van der Waals surface area contributed by atoms with E-state index in [0.29, 0.717) is 15.6 Å². The van der Waals surface area contributed by atoms with Gasteiger partial charge in [0.25, 0.3) is 21.8 Å². The molecular weight excluding hydrogens is 410 g/mol. The molecule has 3 heterocycles. The van der Waals surface area contributed by atoms with Crippen LogP contribution in [-0.4, -0.2) is 55.2 Å². The minimum atomic E-state index is -4.01. The van der Waals surface area contributed by atoms with Gasteiger partial charge in [-0.2, -0.15) is 0 Å². The number of para-hydroxylation sites is 1. The van der Waals surface area contributed by atoms with Crippen molar-refractivity contribution in [3.05, 3.63) is 59.7 Å². The van der Waals surface area contributed by atoms with Crippen LogP contribution in [0.3, 0.4) is 0 Å². The number of sulfonamides is 1. The summed E-state index contributed by atoms with van der Waals surface area (Å²) in [7, 11) is -4.01. The smallest absolute Gasteiger partial charge is 0.325 e. The summed E-state index contributed by atoms with van der Waals surface area (Å²) in [6.07, 6.45) is 0.261. The van der Waals surface area contributed by atoms with E-state index in [1.54, 1.807) is 30.3 Å². The molecule has 3 aliphatic rings. The Bertz CT molecular complexity index is 1210. The molecule has 9 nitrogen and oxygen atoms in total. The van der Waals surface area contributed by atoms with Crippen LogP contribution >= 0.6 is 0 Å². The highest BCUT2D eigenvalue weighted by atomic mass is 32.2. The minimum Gasteiger partial charge on any atom is -0.493 e. The molecule has 3 aliphatic heterocycles. The molecular formula is C20H17N3O6S. The van der Waals surface area contributed by atoms with Crippen LogP contribution in [0, 0.1) is 0 Å². The zero-order valence-electron chi connectivity index (χ0n) is 15.7. The van der Waals surface area contributed by atoms with E-state index in [-0.39, 0.29) is 36.6 Å². The van der Waals surface area contributed by atoms with E-state index in [4.69, 9.17) is 4.74 Å². The second kappa shape index (κ2) is 6.30. The third-order valence-corrected chi connectivity index (χ3v) is 7.54. The van der Waals surface area contributed by atoms with E-state index in [1.165, 1.54) is 18.2 Å². The topological polar surface area (TPSA) is 113 Å². The summed E-state index contributed by atoms with van der Waals surface area (Å²) in [5, 5.41) is 2.75. The molecule has 154 valence electrons. The number of amides is 4. The van der Waals surface area contributed by atoms with Gasteiger partial charge >= 0.3 is 6.03 Å². The van der Waals surface area contributed by atoms with Gasteiger partial charge < -0.3 is 10.1 Å². The predicted molar refractivity (Wildman–Crippen MR) is 103 cm³/mol. The molecule has 30 heavy (non-hydrogen) atoms. The van der Waals surface area contributed by atoms with Crippen LogP contribution in [0.2, 0.25) is 0 Å². The molecule has 5 rings (SSSR count). The van der Waals surface area contributed by atoms with E-state index in [9.17, 15) is 22.8 Å². The third-order valence-electron chi connectivity index (χ3n) is 5.70. The van der Waals surface area contributed by atoms with Crippen molar-refractivity contribution in [1.29, 1.82) is 0 Å². The number of nitrogens with zero attached hydrogens (tertiary/aromatic N) is 2. The standard InChI is InChI=1S/C20H17N3O6S/c24-17-13-5-1-4-8-16(13)30(27,28)23(17)11-10-22-18(25)20(21-19(22)26)9-12-29-15-7-3-2-6-14(15)20/h1-8H,9-12H2,(H,21,26). The number of ether oxygens (including phenoxy) is 1. The Morgan fingerprint density at radius 2 is 1.73 bits per heavy atom. The highest BCUT2D eigenvalue weighted by Crippen LogP contribution is 2.41. The van der Waals surface area contributed by atoms with Crippen molar-refractivity contribution < 1.29 is 27.5 Å². The first kappa shape index (κ1) is 18.6. The van der Waals surface area contributed by atoms with Gasteiger partial charge in [0.1, 0.15) is 10.6 Å². The Kier molecular flexibility index (Phi) is 3.91. The van der Waals surface area contributed by atoms with E-state index in [2.05, 4.69) is 5.32 Å². The lowest BCUT2D eigenvalue weighted by molar-refractivity contribution is -0.132. The van der Waals surface area contributed by atoms with E-state index < -0.39 is 33.4 Å². The zero-order valence-corrected chi connectivity index (χ0v) is 16.5. The molecule has 2 aromatic rings. The molecule has 0 aliphatic carbocycles. The van der Waals surface area contributed by atoms with Crippen molar-refractivity contribution >= 4 is 27.9 Å². The first-order chi connectivity index (χ1) is 14.4. The lowest BCUT2D eigenvalue weighted by Gasteiger charge is -2.33. The Morgan fingerprint density at radius 3 is 2.53 bits per heavy atom. The summed E-state index contributed by atoms with van der Waals surface area (Å²) in [6.45, 7) is -0.303. The van der Waals surface area contributed by atoms with Crippen LogP contribution in [0.25, 0.3) is 0 Å². The number of carbonyl (C=O) groups excluding carboxylic acids is 3. The average Bonchev–Trinajstić information content (AvgIpc) is 3.09. The molecule has 2 aromatic carbocycles. The third kappa shape index (κ3) is 2.40. The van der Waals surface area contributed by atoms with Crippen LogP contribution in [0.4, 0.5) is 4.79 Å².